The molecule has 4 aromatic rings. The smallest absolute Gasteiger partial charge is 0.338 e. The highest BCUT2D eigenvalue weighted by atomic mass is 35.5. The van der Waals surface area contributed by atoms with E-state index in [0.717, 1.165) is 16.9 Å². The molecular weight excluding hydrogens is 508 g/mol. The highest BCUT2D eigenvalue weighted by Crippen LogP contribution is 2.37. The fourth-order valence-electron chi connectivity index (χ4n) is 4.12. The molecule has 0 aliphatic carbocycles. The van der Waals surface area contributed by atoms with E-state index in [4.69, 9.17) is 26.2 Å². The summed E-state index contributed by atoms with van der Waals surface area (Å²) < 4.78 is 12.8. The highest BCUT2D eigenvalue weighted by molar-refractivity contribution is 7.98. The second kappa shape index (κ2) is 11.1. The summed E-state index contributed by atoms with van der Waals surface area (Å²) in [6, 6.07) is 24.8. The van der Waals surface area contributed by atoms with Crippen molar-refractivity contribution in [2.45, 2.75) is 30.5 Å². The van der Waals surface area contributed by atoms with E-state index >= 15 is 0 Å². The molecule has 0 amide bonds. The third-order valence-electron chi connectivity index (χ3n) is 6.00. The largest absolute Gasteiger partial charge is 0.489 e. The van der Waals surface area contributed by atoms with Crippen molar-refractivity contribution >= 4 is 35.3 Å². The maximum Gasteiger partial charge on any atom is 0.338 e. The van der Waals surface area contributed by atoms with Gasteiger partial charge in [-0.15, -0.1) is 5.10 Å². The predicted octanol–water partition coefficient (Wildman–Crippen LogP) is 6.26. The van der Waals surface area contributed by atoms with Crippen molar-refractivity contribution in [1.82, 2.24) is 14.8 Å². The first-order valence-corrected chi connectivity index (χ1v) is 13.1. The van der Waals surface area contributed by atoms with Crippen LogP contribution in [0.3, 0.4) is 0 Å². The Labute approximate surface area is 224 Å². The Morgan fingerprint density at radius 3 is 2.51 bits per heavy atom. The van der Waals surface area contributed by atoms with Gasteiger partial charge < -0.3 is 14.8 Å². The SMILES string of the molecule is COC(=O)C1=C(C)Nc2nc(SCc3ccccc3)nn2C1c1ccc(OCc2ccccc2Cl)cc1. The second-order valence-electron chi connectivity index (χ2n) is 8.44. The monoisotopic (exact) mass is 532 g/mol. The first-order chi connectivity index (χ1) is 18.0. The van der Waals surface area contributed by atoms with E-state index in [1.165, 1.54) is 12.7 Å². The minimum absolute atomic E-state index is 0.355. The molecule has 0 saturated carbocycles. The molecule has 1 aliphatic heterocycles. The van der Waals surface area contributed by atoms with Crippen LogP contribution in [0.15, 0.2) is 95.3 Å². The lowest BCUT2D eigenvalue weighted by molar-refractivity contribution is -0.136. The number of hydrogen-bond donors (Lipinski definition) is 1. The van der Waals surface area contributed by atoms with Crippen molar-refractivity contribution in [3.8, 4) is 5.75 Å². The third kappa shape index (κ3) is 5.50. The number of benzene rings is 3. The van der Waals surface area contributed by atoms with Crippen LogP contribution in [-0.2, 0) is 21.9 Å². The van der Waals surface area contributed by atoms with Crippen LogP contribution in [-0.4, -0.2) is 27.8 Å². The van der Waals surface area contributed by atoms with Crippen LogP contribution in [0, 0.1) is 0 Å². The quantitative estimate of drug-likeness (QED) is 0.212. The van der Waals surface area contributed by atoms with Gasteiger partial charge in [0.15, 0.2) is 0 Å². The first-order valence-electron chi connectivity index (χ1n) is 11.7. The van der Waals surface area contributed by atoms with Gasteiger partial charge in [0.2, 0.25) is 11.1 Å². The van der Waals surface area contributed by atoms with E-state index in [1.807, 2.05) is 73.7 Å². The Balaban J connectivity index is 1.41. The standard InChI is InChI=1S/C28H25ClN4O3S/c1-18-24(26(34)35-2)25(20-12-14-22(15-13-20)36-16-21-10-6-7-11-23(21)29)33-27(30-18)31-28(32-33)37-17-19-8-4-3-5-9-19/h3-15,25H,16-17H2,1-2H3,(H,30,31,32). The summed E-state index contributed by atoms with van der Waals surface area (Å²) in [6.07, 6.45) is 0. The van der Waals surface area contributed by atoms with Crippen LogP contribution < -0.4 is 10.1 Å². The Morgan fingerprint density at radius 2 is 1.78 bits per heavy atom. The van der Waals surface area contributed by atoms with Gasteiger partial charge in [-0.2, -0.15) is 4.98 Å². The van der Waals surface area contributed by atoms with Crippen molar-refractivity contribution in [2.24, 2.45) is 0 Å². The first kappa shape index (κ1) is 24.9. The fraction of sp³-hybridized carbons (Fsp3) is 0.179. The lowest BCUT2D eigenvalue weighted by Gasteiger charge is -2.27. The van der Waals surface area contributed by atoms with Crippen molar-refractivity contribution < 1.29 is 14.3 Å². The summed E-state index contributed by atoms with van der Waals surface area (Å²) in [5.41, 5.74) is 4.10. The van der Waals surface area contributed by atoms with E-state index in [2.05, 4.69) is 22.4 Å². The summed E-state index contributed by atoms with van der Waals surface area (Å²) in [5.74, 6) is 1.58. The van der Waals surface area contributed by atoms with Gasteiger partial charge in [0.25, 0.3) is 0 Å². The minimum atomic E-state index is -0.500. The number of esters is 1. The average Bonchev–Trinajstić information content (AvgIpc) is 3.33. The van der Waals surface area contributed by atoms with Crippen molar-refractivity contribution in [3.05, 3.63) is 112 Å². The van der Waals surface area contributed by atoms with E-state index in [0.29, 0.717) is 39.8 Å². The Hall–Kier alpha value is -3.75. The number of ether oxygens (including phenoxy) is 2. The number of anilines is 1. The van der Waals surface area contributed by atoms with Crippen molar-refractivity contribution in [1.29, 1.82) is 0 Å². The van der Waals surface area contributed by atoms with Gasteiger partial charge in [-0.3, -0.25) is 0 Å². The number of methoxy groups -OCH3 is 1. The molecular formula is C28H25ClN4O3S. The number of rotatable bonds is 8. The van der Waals surface area contributed by atoms with Crippen LogP contribution in [0.1, 0.15) is 29.7 Å². The summed E-state index contributed by atoms with van der Waals surface area (Å²) in [7, 11) is 1.38. The molecule has 1 unspecified atom stereocenters. The van der Waals surface area contributed by atoms with Crippen LogP contribution in [0.5, 0.6) is 5.75 Å². The minimum Gasteiger partial charge on any atom is -0.489 e. The maximum absolute atomic E-state index is 12.8. The molecule has 0 fully saturated rings. The lowest BCUT2D eigenvalue weighted by Crippen LogP contribution is -2.29. The Bertz CT molecular complexity index is 1440. The molecule has 1 aromatic heterocycles. The molecule has 1 N–H and O–H groups in total. The molecule has 7 nitrogen and oxygen atoms in total. The van der Waals surface area contributed by atoms with E-state index < -0.39 is 12.0 Å². The predicted molar refractivity (Wildman–Crippen MR) is 145 cm³/mol. The van der Waals surface area contributed by atoms with Gasteiger partial charge in [-0.05, 0) is 36.2 Å². The maximum atomic E-state index is 12.8. The summed E-state index contributed by atoms with van der Waals surface area (Å²) in [4.78, 5) is 17.5. The number of nitrogens with one attached hydrogen (secondary N) is 1. The Morgan fingerprint density at radius 1 is 1.05 bits per heavy atom. The summed E-state index contributed by atoms with van der Waals surface area (Å²) in [6.45, 7) is 2.20. The molecule has 1 aliphatic rings. The summed E-state index contributed by atoms with van der Waals surface area (Å²) >= 11 is 7.79. The summed E-state index contributed by atoms with van der Waals surface area (Å²) in [5, 5.41) is 9.25. The van der Waals surface area contributed by atoms with Gasteiger partial charge in [-0.25, -0.2) is 9.48 Å². The zero-order valence-corrected chi connectivity index (χ0v) is 21.9. The van der Waals surface area contributed by atoms with Crippen LogP contribution in [0.25, 0.3) is 0 Å². The number of aromatic nitrogens is 3. The van der Waals surface area contributed by atoms with Crippen molar-refractivity contribution in [3.63, 3.8) is 0 Å². The Kier molecular flexibility index (Phi) is 7.48. The molecule has 0 bridgehead atoms. The third-order valence-corrected chi connectivity index (χ3v) is 7.27. The molecule has 0 saturated heterocycles. The topological polar surface area (TPSA) is 78.3 Å². The number of halogens is 1. The number of carbonyl (C=O) groups is 1. The van der Waals surface area contributed by atoms with Crippen LogP contribution in [0.4, 0.5) is 5.95 Å². The van der Waals surface area contributed by atoms with Crippen LogP contribution in [0.2, 0.25) is 5.02 Å². The molecule has 0 spiro atoms. The number of nitrogens with zero attached hydrogens (tertiary/aromatic N) is 3. The van der Waals surface area contributed by atoms with Gasteiger partial charge in [0.05, 0.1) is 12.7 Å². The molecule has 2 heterocycles. The average molecular weight is 533 g/mol. The van der Waals surface area contributed by atoms with Gasteiger partial charge in [-0.1, -0.05) is 84.0 Å². The van der Waals surface area contributed by atoms with E-state index in [-0.39, 0.29) is 0 Å². The zero-order chi connectivity index (χ0) is 25.8. The van der Waals surface area contributed by atoms with Gasteiger partial charge in [0.1, 0.15) is 18.4 Å². The molecule has 1 atom stereocenters. The number of allylic oxidation sites excluding steroid dienone is 1. The molecule has 188 valence electrons. The lowest BCUT2D eigenvalue weighted by atomic mass is 9.96. The van der Waals surface area contributed by atoms with E-state index in [1.54, 1.807) is 16.4 Å². The van der Waals surface area contributed by atoms with E-state index in [9.17, 15) is 4.79 Å². The fourth-order valence-corrected chi connectivity index (χ4v) is 5.10. The second-order valence-corrected chi connectivity index (χ2v) is 9.79. The zero-order valence-electron chi connectivity index (χ0n) is 20.3. The highest BCUT2D eigenvalue weighted by Gasteiger charge is 2.35. The number of carbonyl (C=O) groups excluding carboxylic acids is 1. The van der Waals surface area contributed by atoms with Crippen molar-refractivity contribution in [2.75, 3.05) is 12.4 Å². The number of thioether (sulfide) groups is 1. The molecule has 9 heteroatoms. The number of fused-ring (bicyclic) bond motifs is 1. The van der Waals surface area contributed by atoms with Gasteiger partial charge >= 0.3 is 5.97 Å². The number of hydrogen-bond acceptors (Lipinski definition) is 7. The molecule has 3 aromatic carbocycles. The molecule has 0 radical (unpaired) electrons. The normalized spacial score (nSPS) is 14.6. The van der Waals surface area contributed by atoms with Crippen LogP contribution >= 0.6 is 23.4 Å². The molecule has 5 rings (SSSR count). The van der Waals surface area contributed by atoms with Gasteiger partial charge in [0, 0.05) is 22.0 Å². The molecule has 37 heavy (non-hydrogen) atoms.